The molecule has 0 amide bonds. The van der Waals surface area contributed by atoms with Crippen molar-refractivity contribution in [2.75, 3.05) is 34.4 Å². The summed E-state index contributed by atoms with van der Waals surface area (Å²) in [5.41, 5.74) is 1.98. The molecule has 0 fully saturated rings. The van der Waals surface area contributed by atoms with Gasteiger partial charge in [0.2, 0.25) is 0 Å². The van der Waals surface area contributed by atoms with Gasteiger partial charge in [-0.1, -0.05) is 11.2 Å². The predicted octanol–water partition coefficient (Wildman–Crippen LogP) is 2.40. The molecule has 0 saturated carbocycles. The molecule has 0 aliphatic heterocycles. The van der Waals surface area contributed by atoms with E-state index in [1.54, 1.807) is 13.4 Å². The molecule has 1 atom stereocenters. The average molecular weight is 377 g/mol. The molecule has 1 aromatic heterocycles. The van der Waals surface area contributed by atoms with Gasteiger partial charge in [0, 0.05) is 31.7 Å². The number of aliphatic hydroxyl groups is 1. The monoisotopic (exact) mass is 377 g/mol. The normalized spacial score (nSPS) is 12.8. The van der Waals surface area contributed by atoms with Crippen LogP contribution in [-0.4, -0.2) is 66.6 Å². The van der Waals surface area contributed by atoms with Crippen molar-refractivity contribution in [1.29, 1.82) is 0 Å². The lowest BCUT2D eigenvalue weighted by Gasteiger charge is -2.24. The predicted molar refractivity (Wildman–Crippen MR) is 104 cm³/mol. The number of hydrogen-bond acceptors (Lipinski definition) is 7. The number of benzene rings is 1. The number of rotatable bonds is 11. The Hall–Kier alpha value is -2.09. The number of ether oxygens (including phenoxy) is 2. The van der Waals surface area contributed by atoms with Gasteiger partial charge in [0.1, 0.15) is 19.0 Å². The number of aliphatic hydroxyl groups excluding tert-OH is 1. The molecule has 2 aromatic rings. The summed E-state index contributed by atoms with van der Waals surface area (Å²) in [5, 5.41) is 14.2. The van der Waals surface area contributed by atoms with Crippen molar-refractivity contribution < 1.29 is 19.1 Å². The van der Waals surface area contributed by atoms with Crippen LogP contribution in [0, 0.1) is 0 Å². The number of aromatic nitrogens is 1. The Morgan fingerprint density at radius 2 is 1.93 bits per heavy atom. The second-order valence-electron chi connectivity index (χ2n) is 7.15. The fourth-order valence-electron chi connectivity index (χ4n) is 2.68. The van der Waals surface area contributed by atoms with E-state index in [1.165, 1.54) is 0 Å². The largest absolute Gasteiger partial charge is 0.493 e. The molecule has 2 rings (SSSR count). The van der Waals surface area contributed by atoms with E-state index in [9.17, 15) is 5.11 Å². The van der Waals surface area contributed by atoms with Gasteiger partial charge >= 0.3 is 0 Å². The standard InChI is InChI=1S/C20H31N3O4/c1-15(2)23(4)13-18(24)14-26-20-10-16(6-7-19(20)25-5)11-22(3)12-17-8-9-27-21-17/h6-10,15,18,24H,11-14H2,1-5H3/t18-/m0/s1. The van der Waals surface area contributed by atoms with E-state index in [0.717, 1.165) is 17.8 Å². The summed E-state index contributed by atoms with van der Waals surface area (Å²) in [6, 6.07) is 8.08. The zero-order valence-corrected chi connectivity index (χ0v) is 16.9. The molecule has 0 bridgehead atoms. The fraction of sp³-hybridized carbons (Fsp3) is 0.550. The summed E-state index contributed by atoms with van der Waals surface area (Å²) < 4.78 is 16.1. The van der Waals surface area contributed by atoms with Crippen molar-refractivity contribution in [2.24, 2.45) is 0 Å². The maximum atomic E-state index is 10.2. The first-order chi connectivity index (χ1) is 12.9. The highest BCUT2D eigenvalue weighted by Gasteiger charge is 2.14. The third kappa shape index (κ3) is 6.86. The van der Waals surface area contributed by atoms with E-state index in [2.05, 4.69) is 28.8 Å². The Balaban J connectivity index is 1.95. The minimum Gasteiger partial charge on any atom is -0.493 e. The van der Waals surface area contributed by atoms with Crippen molar-refractivity contribution in [1.82, 2.24) is 15.0 Å². The molecule has 0 unspecified atom stereocenters. The van der Waals surface area contributed by atoms with Gasteiger partial charge in [-0.25, -0.2) is 0 Å². The second-order valence-corrected chi connectivity index (χ2v) is 7.15. The number of likely N-dealkylation sites (N-methyl/N-ethyl adjacent to an activating group) is 1. The highest BCUT2D eigenvalue weighted by molar-refractivity contribution is 5.43. The Kier molecular flexibility index (Phi) is 8.09. The average Bonchev–Trinajstić information content (AvgIpc) is 3.12. The van der Waals surface area contributed by atoms with Crippen LogP contribution in [0.4, 0.5) is 0 Å². The number of methoxy groups -OCH3 is 1. The Morgan fingerprint density at radius 1 is 1.15 bits per heavy atom. The second kappa shape index (κ2) is 10.3. The van der Waals surface area contributed by atoms with Crippen LogP contribution in [0.5, 0.6) is 11.5 Å². The Morgan fingerprint density at radius 3 is 2.56 bits per heavy atom. The molecule has 0 aliphatic carbocycles. The van der Waals surface area contributed by atoms with Crippen LogP contribution < -0.4 is 9.47 Å². The quantitative estimate of drug-likeness (QED) is 0.645. The molecule has 7 nitrogen and oxygen atoms in total. The van der Waals surface area contributed by atoms with Crippen LogP contribution in [0.1, 0.15) is 25.1 Å². The molecule has 0 radical (unpaired) electrons. The molecule has 27 heavy (non-hydrogen) atoms. The van der Waals surface area contributed by atoms with Crippen LogP contribution in [-0.2, 0) is 13.1 Å². The zero-order chi connectivity index (χ0) is 19.8. The lowest BCUT2D eigenvalue weighted by atomic mass is 10.2. The van der Waals surface area contributed by atoms with E-state index < -0.39 is 6.10 Å². The van der Waals surface area contributed by atoms with Crippen molar-refractivity contribution in [3.63, 3.8) is 0 Å². The molecule has 0 aliphatic rings. The summed E-state index contributed by atoms with van der Waals surface area (Å²) in [4.78, 5) is 4.22. The van der Waals surface area contributed by atoms with Crippen molar-refractivity contribution in [3.8, 4) is 11.5 Å². The Labute approximate surface area is 161 Å². The molecule has 1 N–H and O–H groups in total. The number of nitrogens with zero attached hydrogens (tertiary/aromatic N) is 3. The first-order valence-electron chi connectivity index (χ1n) is 9.14. The smallest absolute Gasteiger partial charge is 0.161 e. The van der Waals surface area contributed by atoms with Crippen LogP contribution >= 0.6 is 0 Å². The maximum absolute atomic E-state index is 10.2. The molecular weight excluding hydrogens is 346 g/mol. The minimum atomic E-state index is -0.569. The fourth-order valence-corrected chi connectivity index (χ4v) is 2.68. The summed E-state index contributed by atoms with van der Waals surface area (Å²) in [6.07, 6.45) is 1.01. The lowest BCUT2D eigenvalue weighted by Crippen LogP contribution is -2.37. The third-order valence-electron chi connectivity index (χ3n) is 4.42. The summed E-state index contributed by atoms with van der Waals surface area (Å²) in [5.74, 6) is 1.29. The van der Waals surface area contributed by atoms with E-state index in [1.807, 2.05) is 38.4 Å². The molecule has 150 valence electrons. The van der Waals surface area contributed by atoms with Gasteiger partial charge in [-0.05, 0) is 45.6 Å². The van der Waals surface area contributed by atoms with Gasteiger partial charge in [-0.15, -0.1) is 0 Å². The third-order valence-corrected chi connectivity index (χ3v) is 4.42. The van der Waals surface area contributed by atoms with Crippen molar-refractivity contribution >= 4 is 0 Å². The van der Waals surface area contributed by atoms with E-state index in [-0.39, 0.29) is 6.61 Å². The van der Waals surface area contributed by atoms with Gasteiger partial charge < -0.3 is 24.0 Å². The summed E-state index contributed by atoms with van der Waals surface area (Å²) >= 11 is 0. The van der Waals surface area contributed by atoms with E-state index >= 15 is 0 Å². The molecule has 0 spiro atoms. The van der Waals surface area contributed by atoms with Crippen molar-refractivity contribution in [3.05, 3.63) is 41.8 Å². The van der Waals surface area contributed by atoms with Gasteiger partial charge in [0.15, 0.2) is 11.5 Å². The molecule has 1 heterocycles. The number of hydrogen-bond donors (Lipinski definition) is 1. The van der Waals surface area contributed by atoms with Crippen LogP contribution in [0.25, 0.3) is 0 Å². The highest BCUT2D eigenvalue weighted by atomic mass is 16.5. The topological polar surface area (TPSA) is 71.2 Å². The maximum Gasteiger partial charge on any atom is 0.161 e. The van der Waals surface area contributed by atoms with Crippen LogP contribution in [0.15, 0.2) is 35.1 Å². The SMILES string of the molecule is COc1ccc(CN(C)Cc2ccon2)cc1OC[C@@H](O)CN(C)C(C)C. The van der Waals surface area contributed by atoms with Crippen LogP contribution in [0.2, 0.25) is 0 Å². The van der Waals surface area contributed by atoms with Gasteiger partial charge in [0.05, 0.1) is 12.8 Å². The van der Waals surface area contributed by atoms with Gasteiger partial charge in [-0.2, -0.15) is 0 Å². The Bertz CT molecular complexity index is 676. The molecule has 1 aromatic carbocycles. The molecular formula is C20H31N3O4. The molecule has 0 saturated heterocycles. The first kappa shape index (κ1) is 21.2. The minimum absolute atomic E-state index is 0.214. The zero-order valence-electron chi connectivity index (χ0n) is 16.9. The summed E-state index contributed by atoms with van der Waals surface area (Å²) in [7, 11) is 5.62. The highest BCUT2D eigenvalue weighted by Crippen LogP contribution is 2.28. The first-order valence-corrected chi connectivity index (χ1v) is 9.14. The summed E-state index contributed by atoms with van der Waals surface area (Å²) in [6.45, 7) is 6.38. The van der Waals surface area contributed by atoms with E-state index in [4.69, 9.17) is 14.0 Å². The van der Waals surface area contributed by atoms with E-state index in [0.29, 0.717) is 30.6 Å². The van der Waals surface area contributed by atoms with Gasteiger partial charge in [0.25, 0.3) is 0 Å². The van der Waals surface area contributed by atoms with Crippen LogP contribution in [0.3, 0.4) is 0 Å². The molecule has 7 heteroatoms. The van der Waals surface area contributed by atoms with Gasteiger partial charge in [-0.3, -0.25) is 4.90 Å². The lowest BCUT2D eigenvalue weighted by molar-refractivity contribution is 0.0668. The van der Waals surface area contributed by atoms with Crippen molar-refractivity contribution in [2.45, 2.75) is 39.1 Å².